The van der Waals surface area contributed by atoms with Gasteiger partial charge in [-0.3, -0.25) is 0 Å². The highest BCUT2D eigenvalue weighted by atomic mass is 16.5. The van der Waals surface area contributed by atoms with Crippen LogP contribution in [0.1, 0.15) is 52.5 Å². The summed E-state index contributed by atoms with van der Waals surface area (Å²) in [5.74, 6) is 1.72. The first-order chi connectivity index (χ1) is 9.61. The van der Waals surface area contributed by atoms with Crippen LogP contribution >= 0.6 is 0 Å². The van der Waals surface area contributed by atoms with E-state index in [9.17, 15) is 0 Å². The summed E-state index contributed by atoms with van der Waals surface area (Å²) in [6.07, 6.45) is 4.90. The minimum atomic E-state index is 0.285. The standard InChI is InChI=1S/C18H31NO/c1-5-7-17-9-11-18(12-10-17)20-16(4)8-6-13-19-14-15(2)3/h9-12,15-16,19H,5-8,13-14H2,1-4H3. The van der Waals surface area contributed by atoms with Crippen LogP contribution in [0.25, 0.3) is 0 Å². The molecule has 0 heterocycles. The lowest BCUT2D eigenvalue weighted by Gasteiger charge is -2.15. The van der Waals surface area contributed by atoms with Gasteiger partial charge in [0.25, 0.3) is 0 Å². The summed E-state index contributed by atoms with van der Waals surface area (Å²) in [5, 5.41) is 3.47. The highest BCUT2D eigenvalue weighted by molar-refractivity contribution is 5.27. The van der Waals surface area contributed by atoms with Gasteiger partial charge in [-0.2, -0.15) is 0 Å². The number of aryl methyl sites for hydroxylation is 1. The molecule has 0 saturated heterocycles. The molecule has 0 fully saturated rings. The molecule has 0 aliphatic rings. The largest absolute Gasteiger partial charge is 0.491 e. The molecule has 0 radical (unpaired) electrons. The Balaban J connectivity index is 2.19. The lowest BCUT2D eigenvalue weighted by Crippen LogP contribution is -2.22. The van der Waals surface area contributed by atoms with E-state index in [2.05, 4.69) is 57.3 Å². The van der Waals surface area contributed by atoms with Gasteiger partial charge in [0, 0.05) is 0 Å². The smallest absolute Gasteiger partial charge is 0.119 e. The molecule has 0 bridgehead atoms. The Bertz CT molecular complexity index is 345. The molecule has 20 heavy (non-hydrogen) atoms. The average Bonchev–Trinajstić information content (AvgIpc) is 2.40. The quantitative estimate of drug-likeness (QED) is 0.639. The zero-order chi connectivity index (χ0) is 14.8. The van der Waals surface area contributed by atoms with Gasteiger partial charge in [-0.05, 0) is 62.9 Å². The highest BCUT2D eigenvalue weighted by Gasteiger charge is 2.04. The fourth-order valence-corrected chi connectivity index (χ4v) is 2.22. The SMILES string of the molecule is CCCc1ccc(OC(C)CCCNCC(C)C)cc1. The summed E-state index contributed by atoms with van der Waals surface area (Å²) in [7, 11) is 0. The van der Waals surface area contributed by atoms with Gasteiger partial charge in [0.15, 0.2) is 0 Å². The van der Waals surface area contributed by atoms with Gasteiger partial charge in [0.1, 0.15) is 5.75 Å². The van der Waals surface area contributed by atoms with Crippen LogP contribution in [0, 0.1) is 5.92 Å². The third-order valence-electron chi connectivity index (χ3n) is 3.32. The molecule has 114 valence electrons. The second-order valence-corrected chi connectivity index (χ2v) is 6.06. The van der Waals surface area contributed by atoms with Crippen molar-refractivity contribution in [2.24, 2.45) is 5.92 Å². The van der Waals surface area contributed by atoms with Crippen molar-refractivity contribution in [1.82, 2.24) is 5.32 Å². The summed E-state index contributed by atoms with van der Waals surface area (Å²) in [5.41, 5.74) is 1.39. The van der Waals surface area contributed by atoms with Crippen molar-refractivity contribution in [2.75, 3.05) is 13.1 Å². The zero-order valence-electron chi connectivity index (χ0n) is 13.6. The normalized spacial score (nSPS) is 12.7. The van der Waals surface area contributed by atoms with Crippen LogP contribution in [0.2, 0.25) is 0 Å². The molecule has 1 unspecified atom stereocenters. The molecule has 2 heteroatoms. The molecule has 0 spiro atoms. The molecule has 0 amide bonds. The topological polar surface area (TPSA) is 21.3 Å². The van der Waals surface area contributed by atoms with E-state index in [0.29, 0.717) is 0 Å². The van der Waals surface area contributed by atoms with Crippen LogP contribution in [0.3, 0.4) is 0 Å². The molecular formula is C18H31NO. The highest BCUT2D eigenvalue weighted by Crippen LogP contribution is 2.16. The van der Waals surface area contributed by atoms with Gasteiger partial charge in [0.2, 0.25) is 0 Å². The van der Waals surface area contributed by atoms with Crippen molar-refractivity contribution in [3.63, 3.8) is 0 Å². The minimum absolute atomic E-state index is 0.285. The van der Waals surface area contributed by atoms with Gasteiger partial charge in [0.05, 0.1) is 6.10 Å². The van der Waals surface area contributed by atoms with E-state index in [1.54, 1.807) is 0 Å². The Kier molecular flexibility index (Phi) is 8.36. The summed E-state index contributed by atoms with van der Waals surface area (Å²) < 4.78 is 5.95. The second kappa shape index (κ2) is 9.82. The van der Waals surface area contributed by atoms with E-state index < -0.39 is 0 Å². The Morgan fingerprint density at radius 2 is 1.80 bits per heavy atom. The van der Waals surface area contributed by atoms with E-state index in [1.807, 2.05) is 0 Å². The second-order valence-electron chi connectivity index (χ2n) is 6.06. The molecule has 0 saturated carbocycles. The van der Waals surface area contributed by atoms with E-state index >= 15 is 0 Å². The van der Waals surface area contributed by atoms with Crippen LogP contribution in [-0.4, -0.2) is 19.2 Å². The number of hydrogen-bond acceptors (Lipinski definition) is 2. The van der Waals surface area contributed by atoms with E-state index in [1.165, 1.54) is 18.4 Å². The van der Waals surface area contributed by atoms with Crippen molar-refractivity contribution >= 4 is 0 Å². The van der Waals surface area contributed by atoms with Crippen molar-refractivity contribution < 1.29 is 4.74 Å². The number of ether oxygens (including phenoxy) is 1. The molecule has 1 rings (SSSR count). The van der Waals surface area contributed by atoms with Crippen LogP contribution in [0.4, 0.5) is 0 Å². The van der Waals surface area contributed by atoms with Crippen LogP contribution < -0.4 is 10.1 Å². The fraction of sp³-hybridized carbons (Fsp3) is 0.667. The molecule has 0 aromatic heterocycles. The lowest BCUT2D eigenvalue weighted by molar-refractivity contribution is 0.207. The van der Waals surface area contributed by atoms with E-state index in [0.717, 1.165) is 37.6 Å². The molecular weight excluding hydrogens is 246 g/mol. The Labute approximate surface area is 124 Å². The minimum Gasteiger partial charge on any atom is -0.491 e. The van der Waals surface area contributed by atoms with Gasteiger partial charge in [-0.1, -0.05) is 39.3 Å². The number of hydrogen-bond donors (Lipinski definition) is 1. The summed E-state index contributed by atoms with van der Waals surface area (Å²) in [6.45, 7) is 11.0. The molecule has 0 aliphatic carbocycles. The summed E-state index contributed by atoms with van der Waals surface area (Å²) in [6, 6.07) is 8.54. The van der Waals surface area contributed by atoms with E-state index in [-0.39, 0.29) is 6.10 Å². The fourth-order valence-electron chi connectivity index (χ4n) is 2.22. The predicted molar refractivity (Wildman–Crippen MR) is 87.5 cm³/mol. The average molecular weight is 277 g/mol. The van der Waals surface area contributed by atoms with Crippen LogP contribution in [0.15, 0.2) is 24.3 Å². The van der Waals surface area contributed by atoms with Crippen molar-refractivity contribution in [3.05, 3.63) is 29.8 Å². The summed E-state index contributed by atoms with van der Waals surface area (Å²) in [4.78, 5) is 0. The van der Waals surface area contributed by atoms with Crippen molar-refractivity contribution in [3.8, 4) is 5.75 Å². The first-order valence-electron chi connectivity index (χ1n) is 8.08. The van der Waals surface area contributed by atoms with Gasteiger partial charge < -0.3 is 10.1 Å². The molecule has 1 N–H and O–H groups in total. The van der Waals surface area contributed by atoms with Crippen LogP contribution in [0.5, 0.6) is 5.75 Å². The third-order valence-corrected chi connectivity index (χ3v) is 3.32. The molecule has 1 aromatic rings. The van der Waals surface area contributed by atoms with E-state index in [4.69, 9.17) is 4.74 Å². The maximum Gasteiger partial charge on any atom is 0.119 e. The van der Waals surface area contributed by atoms with Gasteiger partial charge >= 0.3 is 0 Å². The van der Waals surface area contributed by atoms with Crippen LogP contribution in [-0.2, 0) is 6.42 Å². The lowest BCUT2D eigenvalue weighted by atomic mass is 10.1. The molecule has 1 aromatic carbocycles. The summed E-state index contributed by atoms with van der Waals surface area (Å²) >= 11 is 0. The first-order valence-corrected chi connectivity index (χ1v) is 8.08. The third kappa shape index (κ3) is 7.54. The Hall–Kier alpha value is -1.02. The predicted octanol–water partition coefficient (Wildman–Crippen LogP) is 4.43. The van der Waals surface area contributed by atoms with Crippen molar-refractivity contribution in [2.45, 2.75) is 59.5 Å². The number of rotatable bonds is 10. The monoisotopic (exact) mass is 277 g/mol. The molecule has 1 atom stereocenters. The maximum absolute atomic E-state index is 5.95. The van der Waals surface area contributed by atoms with Gasteiger partial charge in [-0.25, -0.2) is 0 Å². The zero-order valence-corrected chi connectivity index (χ0v) is 13.6. The first kappa shape index (κ1) is 17.0. The van der Waals surface area contributed by atoms with Gasteiger partial charge in [-0.15, -0.1) is 0 Å². The Morgan fingerprint density at radius 1 is 1.10 bits per heavy atom. The molecule has 2 nitrogen and oxygen atoms in total. The number of benzene rings is 1. The maximum atomic E-state index is 5.95. The molecule has 0 aliphatic heterocycles. The number of nitrogens with one attached hydrogen (secondary N) is 1. The Morgan fingerprint density at radius 3 is 2.40 bits per heavy atom. The van der Waals surface area contributed by atoms with Crippen molar-refractivity contribution in [1.29, 1.82) is 0 Å².